The molecule has 3 rings (SSSR count). The standard InChI is InChI=1S/C24H18O6/c1-15(25)19-7-3-5-9-21(19)29-23(27)17-11-13-18(14-12-17)24(28)30-22-10-6-4-8-20(22)16(2)26/h3-14H,1-2H3. The first-order valence-electron chi connectivity index (χ1n) is 9.11. The van der Waals surface area contributed by atoms with Crippen LogP contribution in [0, 0.1) is 0 Å². The molecule has 0 saturated carbocycles. The van der Waals surface area contributed by atoms with Crippen molar-refractivity contribution in [1.82, 2.24) is 0 Å². The fraction of sp³-hybridized carbons (Fsp3) is 0.0833. The molecule has 0 aliphatic rings. The Morgan fingerprint density at radius 1 is 0.533 bits per heavy atom. The van der Waals surface area contributed by atoms with E-state index in [9.17, 15) is 19.2 Å². The highest BCUT2D eigenvalue weighted by atomic mass is 16.5. The number of benzene rings is 3. The van der Waals surface area contributed by atoms with Gasteiger partial charge >= 0.3 is 11.9 Å². The molecule has 0 spiro atoms. The molecule has 3 aromatic carbocycles. The third kappa shape index (κ3) is 4.67. The topological polar surface area (TPSA) is 86.7 Å². The Bertz CT molecular complexity index is 1040. The highest BCUT2D eigenvalue weighted by Crippen LogP contribution is 2.22. The maximum Gasteiger partial charge on any atom is 0.343 e. The van der Waals surface area contributed by atoms with Crippen molar-refractivity contribution in [2.75, 3.05) is 0 Å². The molecule has 6 nitrogen and oxygen atoms in total. The van der Waals surface area contributed by atoms with E-state index >= 15 is 0 Å². The van der Waals surface area contributed by atoms with Crippen LogP contribution in [0.5, 0.6) is 11.5 Å². The molecule has 6 heteroatoms. The van der Waals surface area contributed by atoms with Crippen LogP contribution >= 0.6 is 0 Å². The number of rotatable bonds is 6. The molecular formula is C24H18O6. The van der Waals surface area contributed by atoms with E-state index in [1.807, 2.05) is 0 Å². The second kappa shape index (κ2) is 8.96. The summed E-state index contributed by atoms with van der Waals surface area (Å²) >= 11 is 0. The van der Waals surface area contributed by atoms with Crippen molar-refractivity contribution >= 4 is 23.5 Å². The molecule has 0 saturated heterocycles. The smallest absolute Gasteiger partial charge is 0.343 e. The van der Waals surface area contributed by atoms with Crippen molar-refractivity contribution in [2.24, 2.45) is 0 Å². The highest BCUT2D eigenvalue weighted by Gasteiger charge is 2.16. The molecule has 0 aliphatic heterocycles. The third-order valence-electron chi connectivity index (χ3n) is 4.29. The van der Waals surface area contributed by atoms with Crippen LogP contribution in [0.4, 0.5) is 0 Å². The lowest BCUT2D eigenvalue weighted by Gasteiger charge is -2.09. The van der Waals surface area contributed by atoms with Gasteiger partial charge in [0, 0.05) is 0 Å². The number of carbonyl (C=O) groups excluding carboxylic acids is 4. The first-order chi connectivity index (χ1) is 14.4. The predicted octanol–water partition coefficient (Wildman–Crippen LogP) is 4.53. The van der Waals surface area contributed by atoms with E-state index in [2.05, 4.69) is 0 Å². The average Bonchev–Trinajstić information content (AvgIpc) is 2.74. The fourth-order valence-electron chi connectivity index (χ4n) is 2.75. The van der Waals surface area contributed by atoms with Gasteiger partial charge in [-0.25, -0.2) is 9.59 Å². The fourth-order valence-corrected chi connectivity index (χ4v) is 2.75. The molecule has 0 N–H and O–H groups in total. The Morgan fingerprint density at radius 2 is 0.867 bits per heavy atom. The summed E-state index contributed by atoms with van der Waals surface area (Å²) in [5.41, 5.74) is 1.01. The molecule has 0 heterocycles. The maximum atomic E-state index is 12.4. The van der Waals surface area contributed by atoms with Gasteiger partial charge in [0.05, 0.1) is 22.3 Å². The zero-order valence-corrected chi connectivity index (χ0v) is 16.4. The van der Waals surface area contributed by atoms with Crippen LogP contribution in [0.2, 0.25) is 0 Å². The summed E-state index contributed by atoms with van der Waals surface area (Å²) in [4.78, 5) is 48.1. The van der Waals surface area contributed by atoms with Gasteiger partial charge in [0.1, 0.15) is 11.5 Å². The first-order valence-corrected chi connectivity index (χ1v) is 9.11. The lowest BCUT2D eigenvalue weighted by Crippen LogP contribution is -2.13. The van der Waals surface area contributed by atoms with E-state index in [-0.39, 0.29) is 34.2 Å². The summed E-state index contributed by atoms with van der Waals surface area (Å²) in [6.07, 6.45) is 0. The van der Waals surface area contributed by atoms with Crippen LogP contribution in [0.25, 0.3) is 0 Å². The van der Waals surface area contributed by atoms with Crippen molar-refractivity contribution in [3.8, 4) is 11.5 Å². The van der Waals surface area contributed by atoms with Crippen LogP contribution in [-0.2, 0) is 0 Å². The predicted molar refractivity (Wildman–Crippen MR) is 109 cm³/mol. The summed E-state index contributed by atoms with van der Waals surface area (Å²) in [6, 6.07) is 18.6. The number of ketones is 2. The average molecular weight is 402 g/mol. The quantitative estimate of drug-likeness (QED) is 0.342. The van der Waals surface area contributed by atoms with Crippen LogP contribution < -0.4 is 9.47 Å². The number of carbonyl (C=O) groups is 4. The van der Waals surface area contributed by atoms with Gasteiger partial charge < -0.3 is 9.47 Å². The monoisotopic (exact) mass is 402 g/mol. The molecule has 0 amide bonds. The minimum Gasteiger partial charge on any atom is -0.422 e. The lowest BCUT2D eigenvalue weighted by atomic mass is 10.1. The number of hydrogen-bond acceptors (Lipinski definition) is 6. The zero-order valence-electron chi connectivity index (χ0n) is 16.4. The molecule has 150 valence electrons. The van der Waals surface area contributed by atoms with Crippen molar-refractivity contribution in [2.45, 2.75) is 13.8 Å². The van der Waals surface area contributed by atoms with Gasteiger partial charge in [0.25, 0.3) is 0 Å². The number of hydrogen-bond donors (Lipinski definition) is 0. The second-order valence-corrected chi connectivity index (χ2v) is 6.46. The molecule has 0 fully saturated rings. The Hall–Kier alpha value is -4.06. The number of para-hydroxylation sites is 2. The molecular weight excluding hydrogens is 384 g/mol. The first kappa shape index (κ1) is 20.7. The third-order valence-corrected chi connectivity index (χ3v) is 4.29. The lowest BCUT2D eigenvalue weighted by molar-refractivity contribution is 0.0717. The van der Waals surface area contributed by atoms with Gasteiger partial charge in [-0.15, -0.1) is 0 Å². The van der Waals surface area contributed by atoms with Crippen LogP contribution in [0.15, 0.2) is 72.8 Å². The molecule has 0 radical (unpaired) electrons. The largest absolute Gasteiger partial charge is 0.422 e. The van der Waals surface area contributed by atoms with Gasteiger partial charge in [0.15, 0.2) is 11.6 Å². The number of Topliss-reactive ketones (excluding diaryl/α,β-unsaturated/α-hetero) is 2. The van der Waals surface area contributed by atoms with Gasteiger partial charge in [-0.05, 0) is 62.4 Å². The van der Waals surface area contributed by atoms with E-state index in [1.54, 1.807) is 36.4 Å². The molecule has 0 aromatic heterocycles. The van der Waals surface area contributed by atoms with Crippen LogP contribution in [-0.4, -0.2) is 23.5 Å². The molecule has 3 aromatic rings. The van der Waals surface area contributed by atoms with E-state index in [4.69, 9.17) is 9.47 Å². The molecule has 30 heavy (non-hydrogen) atoms. The number of ether oxygens (including phenoxy) is 2. The Kier molecular flexibility index (Phi) is 6.17. The van der Waals surface area contributed by atoms with Crippen molar-refractivity contribution < 1.29 is 28.7 Å². The Balaban J connectivity index is 1.74. The summed E-state index contributed by atoms with van der Waals surface area (Å²) in [5.74, 6) is -1.43. The minimum atomic E-state index is -0.662. The summed E-state index contributed by atoms with van der Waals surface area (Å²) in [5, 5.41) is 0. The second-order valence-electron chi connectivity index (χ2n) is 6.46. The van der Waals surface area contributed by atoms with Gasteiger partial charge in [0.2, 0.25) is 0 Å². The number of esters is 2. The maximum absolute atomic E-state index is 12.4. The summed E-state index contributed by atoms with van der Waals surface area (Å²) < 4.78 is 10.6. The molecule has 0 unspecified atom stereocenters. The van der Waals surface area contributed by atoms with E-state index < -0.39 is 11.9 Å². The van der Waals surface area contributed by atoms with Gasteiger partial charge in [-0.1, -0.05) is 24.3 Å². The van der Waals surface area contributed by atoms with Crippen molar-refractivity contribution in [3.63, 3.8) is 0 Å². The molecule has 0 atom stereocenters. The Labute approximate surface area is 173 Å². The Morgan fingerprint density at radius 3 is 1.20 bits per heavy atom. The van der Waals surface area contributed by atoms with Crippen molar-refractivity contribution in [1.29, 1.82) is 0 Å². The van der Waals surface area contributed by atoms with Crippen LogP contribution in [0.3, 0.4) is 0 Å². The minimum absolute atomic E-state index is 0.166. The van der Waals surface area contributed by atoms with E-state index in [1.165, 1.54) is 50.2 Å². The highest BCUT2D eigenvalue weighted by molar-refractivity contribution is 6.00. The SMILES string of the molecule is CC(=O)c1ccccc1OC(=O)c1ccc(C(=O)Oc2ccccc2C(C)=O)cc1. The normalized spacial score (nSPS) is 10.2. The summed E-state index contributed by atoms with van der Waals surface area (Å²) in [7, 11) is 0. The zero-order chi connectivity index (χ0) is 21.7. The molecule has 0 bridgehead atoms. The van der Waals surface area contributed by atoms with E-state index in [0.29, 0.717) is 11.1 Å². The summed E-state index contributed by atoms with van der Waals surface area (Å²) in [6.45, 7) is 2.77. The van der Waals surface area contributed by atoms with Gasteiger partial charge in [-0.3, -0.25) is 9.59 Å². The van der Waals surface area contributed by atoms with Crippen molar-refractivity contribution in [3.05, 3.63) is 95.1 Å². The van der Waals surface area contributed by atoms with E-state index in [0.717, 1.165) is 0 Å². The molecule has 0 aliphatic carbocycles. The van der Waals surface area contributed by atoms with Crippen LogP contribution in [0.1, 0.15) is 55.3 Å². The van der Waals surface area contributed by atoms with Gasteiger partial charge in [-0.2, -0.15) is 0 Å².